The van der Waals surface area contributed by atoms with Crippen molar-refractivity contribution in [3.63, 3.8) is 0 Å². The summed E-state index contributed by atoms with van der Waals surface area (Å²) in [5.74, 6) is -0.535. The maximum Gasteiger partial charge on any atom is 0.273 e. The number of benzene rings is 2. The zero-order valence-electron chi connectivity index (χ0n) is 17.6. The zero-order chi connectivity index (χ0) is 22.4. The molecule has 6 nitrogen and oxygen atoms in total. The lowest BCUT2D eigenvalue weighted by molar-refractivity contribution is -0.115. The van der Waals surface area contributed by atoms with Gasteiger partial charge >= 0.3 is 0 Å². The van der Waals surface area contributed by atoms with Crippen molar-refractivity contribution in [3.05, 3.63) is 84.8 Å². The van der Waals surface area contributed by atoms with E-state index in [9.17, 15) is 14.9 Å². The van der Waals surface area contributed by atoms with E-state index in [0.717, 1.165) is 28.0 Å². The van der Waals surface area contributed by atoms with E-state index in [-0.39, 0.29) is 17.7 Å². The van der Waals surface area contributed by atoms with E-state index in [1.807, 2.05) is 68.4 Å². The molecule has 1 heterocycles. The first-order valence-electron chi connectivity index (χ1n) is 9.74. The maximum absolute atomic E-state index is 13.5. The van der Waals surface area contributed by atoms with Gasteiger partial charge in [0, 0.05) is 13.7 Å². The third-order valence-corrected chi connectivity index (χ3v) is 5.82. The van der Waals surface area contributed by atoms with Crippen molar-refractivity contribution in [3.8, 4) is 11.8 Å². The Morgan fingerprint density at radius 1 is 1.16 bits per heavy atom. The molecule has 0 aliphatic heterocycles. The Balaban J connectivity index is 2.36. The lowest BCUT2D eigenvalue weighted by Gasteiger charge is -2.11. The van der Waals surface area contributed by atoms with Crippen molar-refractivity contribution in [1.29, 1.82) is 5.26 Å². The van der Waals surface area contributed by atoms with Gasteiger partial charge in [-0.2, -0.15) is 5.26 Å². The van der Waals surface area contributed by atoms with Crippen molar-refractivity contribution in [2.24, 2.45) is 0 Å². The van der Waals surface area contributed by atoms with Crippen LogP contribution in [0.25, 0.3) is 17.3 Å². The molecule has 0 radical (unpaired) electrons. The number of para-hydroxylation sites is 1. The molecule has 0 bridgehead atoms. The van der Waals surface area contributed by atoms with Crippen LogP contribution in [0.1, 0.15) is 16.7 Å². The highest BCUT2D eigenvalue weighted by molar-refractivity contribution is 7.07. The van der Waals surface area contributed by atoms with Crippen LogP contribution in [0.3, 0.4) is 0 Å². The molecule has 0 aliphatic carbocycles. The van der Waals surface area contributed by atoms with Crippen molar-refractivity contribution >= 4 is 28.9 Å². The van der Waals surface area contributed by atoms with Gasteiger partial charge in [0.05, 0.1) is 16.8 Å². The first-order chi connectivity index (χ1) is 15.0. The third-order valence-electron chi connectivity index (χ3n) is 4.73. The average Bonchev–Trinajstić information content (AvgIpc) is 3.05. The average molecular weight is 434 g/mol. The number of nitrogens with zero attached hydrogens (tertiary/aromatic N) is 2. The predicted octanol–water partition coefficient (Wildman–Crippen LogP) is 1.78. The van der Waals surface area contributed by atoms with Gasteiger partial charge in [0.2, 0.25) is 0 Å². The van der Waals surface area contributed by atoms with E-state index >= 15 is 0 Å². The van der Waals surface area contributed by atoms with E-state index in [1.54, 1.807) is 6.08 Å². The highest BCUT2D eigenvalue weighted by Gasteiger charge is 2.18. The van der Waals surface area contributed by atoms with E-state index in [1.165, 1.54) is 11.7 Å². The fourth-order valence-electron chi connectivity index (χ4n) is 3.26. The Kier molecular flexibility index (Phi) is 7.19. The van der Waals surface area contributed by atoms with Gasteiger partial charge in [-0.25, -0.2) is 0 Å². The van der Waals surface area contributed by atoms with Crippen LogP contribution in [-0.2, 0) is 9.53 Å². The summed E-state index contributed by atoms with van der Waals surface area (Å²) in [4.78, 5) is 26.2. The first-order valence-corrected chi connectivity index (χ1v) is 10.6. The second-order valence-corrected chi connectivity index (χ2v) is 7.97. The van der Waals surface area contributed by atoms with Crippen LogP contribution in [0.15, 0.2) is 53.3 Å². The molecule has 0 unspecified atom stereocenters. The SMILES string of the molecule is COCCNC(=O)/C(C#N)=c1\s/c(=C\c2ccccc2)c(=O)n1-c1c(C)cccc1C. The van der Waals surface area contributed by atoms with E-state index < -0.39 is 5.91 Å². The number of aryl methyl sites for hydroxylation is 2. The number of hydrogen-bond donors (Lipinski definition) is 1. The fraction of sp³-hybridized carbons (Fsp3) is 0.208. The minimum atomic E-state index is -0.535. The molecule has 7 heteroatoms. The lowest BCUT2D eigenvalue weighted by atomic mass is 10.1. The minimum Gasteiger partial charge on any atom is -0.383 e. The van der Waals surface area contributed by atoms with Gasteiger partial charge < -0.3 is 10.1 Å². The monoisotopic (exact) mass is 433 g/mol. The van der Waals surface area contributed by atoms with Gasteiger partial charge in [-0.05, 0) is 36.6 Å². The molecule has 2 aromatic carbocycles. The number of carbonyl (C=O) groups excluding carboxylic acids is 1. The van der Waals surface area contributed by atoms with Crippen molar-refractivity contribution in [1.82, 2.24) is 9.88 Å². The topological polar surface area (TPSA) is 84.1 Å². The van der Waals surface area contributed by atoms with Crippen molar-refractivity contribution in [2.75, 3.05) is 20.3 Å². The van der Waals surface area contributed by atoms with Crippen LogP contribution in [0, 0.1) is 25.2 Å². The summed E-state index contributed by atoms with van der Waals surface area (Å²) < 4.78 is 7.20. The van der Waals surface area contributed by atoms with Gasteiger partial charge in [0.25, 0.3) is 11.5 Å². The molecule has 0 aliphatic rings. The van der Waals surface area contributed by atoms with Gasteiger partial charge in [-0.1, -0.05) is 48.5 Å². The summed E-state index contributed by atoms with van der Waals surface area (Å²) in [5, 5.41) is 12.5. The quantitative estimate of drug-likeness (QED) is 0.601. The van der Waals surface area contributed by atoms with Gasteiger partial charge in [0.1, 0.15) is 10.7 Å². The lowest BCUT2D eigenvalue weighted by Crippen LogP contribution is -2.35. The number of nitrogens with one attached hydrogen (secondary N) is 1. The number of methoxy groups -OCH3 is 1. The minimum absolute atomic E-state index is 0.103. The molecule has 0 saturated carbocycles. The van der Waals surface area contributed by atoms with Crippen LogP contribution in [-0.4, -0.2) is 30.7 Å². The Hall–Kier alpha value is -3.47. The summed E-state index contributed by atoms with van der Waals surface area (Å²) in [6, 6.07) is 17.2. The number of nitriles is 1. The summed E-state index contributed by atoms with van der Waals surface area (Å²) in [7, 11) is 1.53. The molecule has 3 aromatic rings. The molecule has 0 saturated heterocycles. The van der Waals surface area contributed by atoms with Crippen LogP contribution in [0.5, 0.6) is 0 Å². The molecule has 158 valence electrons. The van der Waals surface area contributed by atoms with Crippen molar-refractivity contribution < 1.29 is 9.53 Å². The molecule has 0 atom stereocenters. The Morgan fingerprint density at radius 3 is 2.45 bits per heavy atom. The van der Waals surface area contributed by atoms with Gasteiger partial charge in [0.15, 0.2) is 5.57 Å². The van der Waals surface area contributed by atoms with Gasteiger partial charge in [-0.15, -0.1) is 11.3 Å². The number of rotatable bonds is 6. The van der Waals surface area contributed by atoms with Crippen molar-refractivity contribution in [2.45, 2.75) is 13.8 Å². The molecular weight excluding hydrogens is 410 g/mol. The number of ether oxygens (including phenoxy) is 1. The van der Waals surface area contributed by atoms with E-state index in [0.29, 0.717) is 21.5 Å². The standard InChI is InChI=1S/C24H23N3O3S/c1-16-8-7-9-17(2)21(16)27-23(29)20(14-18-10-5-4-6-11-18)31-24(27)19(15-25)22(28)26-12-13-30-3/h4-11,14H,12-13H2,1-3H3,(H,26,28)/b20-14-,24-19-. The summed E-state index contributed by atoms with van der Waals surface area (Å²) in [5.41, 5.74) is 2.94. The van der Waals surface area contributed by atoms with Gasteiger partial charge in [-0.3, -0.25) is 14.2 Å². The number of hydrogen-bond acceptors (Lipinski definition) is 5. The normalized spacial score (nSPS) is 12.4. The summed E-state index contributed by atoms with van der Waals surface area (Å²) >= 11 is 1.14. The van der Waals surface area contributed by atoms with Crippen LogP contribution in [0.4, 0.5) is 0 Å². The predicted molar refractivity (Wildman–Crippen MR) is 123 cm³/mol. The molecule has 1 N–H and O–H groups in total. The molecular formula is C24H23N3O3S. The highest BCUT2D eigenvalue weighted by atomic mass is 32.1. The molecule has 0 fully saturated rings. The summed E-state index contributed by atoms with van der Waals surface area (Å²) in [6.45, 7) is 4.40. The fourth-order valence-corrected chi connectivity index (χ4v) is 4.35. The molecule has 31 heavy (non-hydrogen) atoms. The highest BCUT2D eigenvalue weighted by Crippen LogP contribution is 2.16. The first kappa shape index (κ1) is 22.2. The number of amides is 1. The van der Waals surface area contributed by atoms with Crippen LogP contribution in [0.2, 0.25) is 0 Å². The molecule has 1 aromatic heterocycles. The second-order valence-electron chi connectivity index (χ2n) is 6.94. The largest absolute Gasteiger partial charge is 0.383 e. The third kappa shape index (κ3) is 4.82. The smallest absolute Gasteiger partial charge is 0.273 e. The van der Waals surface area contributed by atoms with E-state index in [4.69, 9.17) is 4.74 Å². The molecule has 0 spiro atoms. The second kappa shape index (κ2) is 10.0. The molecule has 1 amide bonds. The van der Waals surface area contributed by atoms with Crippen LogP contribution >= 0.6 is 11.3 Å². The van der Waals surface area contributed by atoms with E-state index in [2.05, 4.69) is 5.32 Å². The molecule has 3 rings (SSSR count). The Morgan fingerprint density at radius 2 is 1.84 bits per heavy atom. The Bertz CT molecular complexity index is 1290. The zero-order valence-corrected chi connectivity index (χ0v) is 18.5. The Labute approximate surface area is 184 Å². The number of thiazole rings is 1. The number of aromatic nitrogens is 1. The summed E-state index contributed by atoms with van der Waals surface area (Å²) in [6.07, 6.45) is 1.78. The van der Waals surface area contributed by atoms with Crippen LogP contribution < -0.4 is 20.1 Å². The number of carbonyl (C=O) groups is 1. The maximum atomic E-state index is 13.5.